The lowest BCUT2D eigenvalue weighted by Crippen LogP contribution is -2.41. The molecule has 5 rings (SSSR count). The molecule has 0 saturated heterocycles. The molecule has 0 radical (unpaired) electrons. The Morgan fingerprint density at radius 1 is 0.679 bits per heavy atom. The van der Waals surface area contributed by atoms with Crippen LogP contribution in [-0.4, -0.2) is 88.9 Å². The Kier molecular flexibility index (Phi) is 16.9. The summed E-state index contributed by atoms with van der Waals surface area (Å²) in [5.74, 6) is 1.25. The lowest BCUT2D eigenvalue weighted by molar-refractivity contribution is -0.135. The maximum Gasteiger partial charge on any atom is 0.410 e. The fourth-order valence-corrected chi connectivity index (χ4v) is 8.02. The standard InChI is InChI=1S/C38H45N3O8S4/c1-39(2)30-21-31(46-14-11-44-12-16-48-38(43)41(26-35-9-5-19-52-35)27-36-10-6-20-53-36)23-32(22-30)49-28-37(47-15-13-45-29-42)40(24-33-7-3-17-50-33)25-34-8-4-18-51-34/h3-10,17-23,29,37H,11-16,24-28H2,1-2H3. The van der Waals surface area contributed by atoms with E-state index in [1.165, 1.54) is 9.75 Å². The number of carbonyl (C=O) groups is 2. The molecule has 0 aliphatic rings. The summed E-state index contributed by atoms with van der Waals surface area (Å²) in [5, 5.41) is 8.13. The second-order valence-corrected chi connectivity index (χ2v) is 15.9. The summed E-state index contributed by atoms with van der Waals surface area (Å²) in [6.07, 6.45) is -0.800. The first-order valence-corrected chi connectivity index (χ1v) is 20.6. The summed E-state index contributed by atoms with van der Waals surface area (Å²) < 4.78 is 34.9. The van der Waals surface area contributed by atoms with Crippen LogP contribution in [0.5, 0.6) is 11.5 Å². The van der Waals surface area contributed by atoms with Gasteiger partial charge >= 0.3 is 6.09 Å². The van der Waals surface area contributed by atoms with Gasteiger partial charge in [0, 0.05) is 70.6 Å². The summed E-state index contributed by atoms with van der Waals surface area (Å²) >= 11 is 6.61. The molecule has 1 aromatic carbocycles. The van der Waals surface area contributed by atoms with Crippen LogP contribution in [0.1, 0.15) is 19.5 Å². The van der Waals surface area contributed by atoms with Crippen LogP contribution in [0.4, 0.5) is 10.5 Å². The number of rotatable bonds is 25. The average molecular weight is 800 g/mol. The molecule has 0 aliphatic heterocycles. The quantitative estimate of drug-likeness (QED) is 0.0330. The average Bonchev–Trinajstić information content (AvgIpc) is 4.01. The Morgan fingerprint density at radius 3 is 1.75 bits per heavy atom. The molecule has 4 heterocycles. The van der Waals surface area contributed by atoms with E-state index in [-0.39, 0.29) is 39.1 Å². The van der Waals surface area contributed by atoms with E-state index in [2.05, 4.69) is 27.8 Å². The minimum Gasteiger partial charge on any atom is -0.491 e. The minimum atomic E-state index is -0.428. The molecule has 1 amide bonds. The zero-order valence-corrected chi connectivity index (χ0v) is 33.1. The molecule has 0 aliphatic carbocycles. The van der Waals surface area contributed by atoms with Crippen molar-refractivity contribution < 1.29 is 38.0 Å². The van der Waals surface area contributed by atoms with Crippen molar-refractivity contribution in [2.45, 2.75) is 32.4 Å². The molecule has 4 aromatic heterocycles. The molecule has 1 unspecified atom stereocenters. The highest BCUT2D eigenvalue weighted by atomic mass is 32.1. The summed E-state index contributed by atoms with van der Waals surface area (Å²) in [7, 11) is 3.91. The minimum absolute atomic E-state index is 0.138. The third kappa shape index (κ3) is 14.1. The van der Waals surface area contributed by atoms with Crippen LogP contribution < -0.4 is 14.4 Å². The Bertz CT molecular complexity index is 1650. The molecule has 0 saturated carbocycles. The summed E-state index contributed by atoms with van der Waals surface area (Å²) in [4.78, 5) is 34.2. The first-order valence-electron chi connectivity index (χ1n) is 17.0. The fraction of sp³-hybridized carbons (Fsp3) is 0.368. The molecule has 15 heteroatoms. The molecule has 0 bridgehead atoms. The van der Waals surface area contributed by atoms with Gasteiger partial charge in [0.1, 0.15) is 44.2 Å². The fourth-order valence-electron chi connectivity index (χ4n) is 5.12. The van der Waals surface area contributed by atoms with Crippen molar-refractivity contribution in [3.05, 3.63) is 108 Å². The third-order valence-corrected chi connectivity index (χ3v) is 11.1. The zero-order valence-electron chi connectivity index (χ0n) is 29.8. The van der Waals surface area contributed by atoms with Crippen LogP contribution in [0.2, 0.25) is 0 Å². The topological polar surface area (TPSA) is 99.2 Å². The second kappa shape index (κ2) is 22.3. The van der Waals surface area contributed by atoms with Crippen molar-refractivity contribution in [1.29, 1.82) is 0 Å². The highest BCUT2D eigenvalue weighted by Gasteiger charge is 2.23. The Labute approximate surface area is 326 Å². The largest absolute Gasteiger partial charge is 0.491 e. The van der Waals surface area contributed by atoms with Gasteiger partial charge in [-0.15, -0.1) is 45.3 Å². The molecule has 1 atom stereocenters. The van der Waals surface area contributed by atoms with E-state index in [4.69, 9.17) is 28.4 Å². The van der Waals surface area contributed by atoms with Gasteiger partial charge in [0.15, 0.2) is 0 Å². The normalized spacial score (nSPS) is 11.7. The van der Waals surface area contributed by atoms with Crippen LogP contribution in [-0.2, 0) is 49.9 Å². The number of hydrogen-bond acceptors (Lipinski definition) is 14. The maximum absolute atomic E-state index is 12.9. The molecular weight excluding hydrogens is 755 g/mol. The Hall–Kier alpha value is -3.96. The van der Waals surface area contributed by atoms with Crippen molar-refractivity contribution in [3.8, 4) is 11.5 Å². The van der Waals surface area contributed by atoms with Crippen molar-refractivity contribution in [3.63, 3.8) is 0 Å². The first-order chi connectivity index (χ1) is 26.0. The van der Waals surface area contributed by atoms with E-state index in [0.29, 0.717) is 57.4 Å². The van der Waals surface area contributed by atoms with Crippen molar-refractivity contribution in [2.75, 3.05) is 65.2 Å². The second-order valence-electron chi connectivity index (χ2n) is 11.8. The van der Waals surface area contributed by atoms with E-state index < -0.39 is 6.23 Å². The lowest BCUT2D eigenvalue weighted by Gasteiger charge is -2.31. The van der Waals surface area contributed by atoms with Crippen LogP contribution in [0.15, 0.2) is 88.3 Å². The number of anilines is 1. The number of benzene rings is 1. The maximum atomic E-state index is 12.9. The van der Waals surface area contributed by atoms with Crippen LogP contribution in [0, 0.1) is 0 Å². The highest BCUT2D eigenvalue weighted by Crippen LogP contribution is 2.29. The SMILES string of the molecule is CN(C)c1cc(OCCOCCOC(=O)N(Cc2cccs2)Cc2cccs2)cc(OCC(OCCOC=O)N(Cc2cccs2)Cc2cccs2)c1. The monoisotopic (exact) mass is 799 g/mol. The number of hydrogen-bond donors (Lipinski definition) is 0. The van der Waals surface area contributed by atoms with Gasteiger partial charge in [-0.25, -0.2) is 4.79 Å². The molecule has 5 aromatic rings. The number of ether oxygens (including phenoxy) is 6. The molecule has 53 heavy (non-hydrogen) atoms. The molecule has 284 valence electrons. The van der Waals surface area contributed by atoms with Crippen molar-refractivity contribution in [2.24, 2.45) is 0 Å². The molecule has 0 N–H and O–H groups in total. The number of thiophene rings is 4. The van der Waals surface area contributed by atoms with E-state index in [9.17, 15) is 9.59 Å². The van der Waals surface area contributed by atoms with Gasteiger partial charge in [-0.3, -0.25) is 14.6 Å². The lowest BCUT2D eigenvalue weighted by atomic mass is 10.2. The van der Waals surface area contributed by atoms with Gasteiger partial charge in [-0.05, 0) is 45.8 Å². The predicted molar refractivity (Wildman–Crippen MR) is 211 cm³/mol. The zero-order chi connectivity index (χ0) is 37.1. The van der Waals surface area contributed by atoms with Crippen molar-refractivity contribution >= 4 is 63.6 Å². The summed E-state index contributed by atoms with van der Waals surface area (Å²) in [6, 6.07) is 22.0. The molecule has 11 nitrogen and oxygen atoms in total. The number of nitrogens with zero attached hydrogens (tertiary/aromatic N) is 3. The van der Waals surface area contributed by atoms with Gasteiger partial charge in [0.25, 0.3) is 6.47 Å². The van der Waals surface area contributed by atoms with Gasteiger partial charge in [-0.1, -0.05) is 24.3 Å². The van der Waals surface area contributed by atoms with E-state index in [1.54, 1.807) is 50.2 Å². The molecule has 0 fully saturated rings. The molecular formula is C38H45N3O8S4. The van der Waals surface area contributed by atoms with Crippen LogP contribution in [0.25, 0.3) is 0 Å². The van der Waals surface area contributed by atoms with Crippen molar-refractivity contribution in [1.82, 2.24) is 9.80 Å². The van der Waals surface area contributed by atoms with E-state index >= 15 is 0 Å². The Morgan fingerprint density at radius 2 is 1.23 bits per heavy atom. The predicted octanol–water partition coefficient (Wildman–Crippen LogP) is 7.83. The first kappa shape index (κ1) is 40.2. The van der Waals surface area contributed by atoms with Gasteiger partial charge < -0.3 is 33.3 Å². The van der Waals surface area contributed by atoms with Crippen LogP contribution in [0.3, 0.4) is 0 Å². The molecule has 0 spiro atoms. The highest BCUT2D eigenvalue weighted by molar-refractivity contribution is 7.10. The van der Waals surface area contributed by atoms with Gasteiger partial charge in [0.2, 0.25) is 0 Å². The van der Waals surface area contributed by atoms with Gasteiger partial charge in [0.05, 0.1) is 32.9 Å². The third-order valence-electron chi connectivity index (χ3n) is 7.70. The number of amides is 1. The number of carbonyl (C=O) groups excluding carboxylic acids is 2. The van der Waals surface area contributed by atoms with Gasteiger partial charge in [-0.2, -0.15) is 0 Å². The van der Waals surface area contributed by atoms with E-state index in [0.717, 1.165) is 15.4 Å². The van der Waals surface area contributed by atoms with E-state index in [1.807, 2.05) is 84.4 Å². The summed E-state index contributed by atoms with van der Waals surface area (Å²) in [5.41, 5.74) is 0.908. The van der Waals surface area contributed by atoms with Crippen LogP contribution >= 0.6 is 45.3 Å². The smallest absolute Gasteiger partial charge is 0.410 e. The summed E-state index contributed by atoms with van der Waals surface area (Å²) in [6.45, 7) is 4.36. The Balaban J connectivity index is 1.12.